The van der Waals surface area contributed by atoms with E-state index in [1.54, 1.807) is 6.07 Å². The van der Waals surface area contributed by atoms with Crippen molar-refractivity contribution in [2.24, 2.45) is 17.8 Å². The molecule has 0 bridgehead atoms. The second-order valence-corrected chi connectivity index (χ2v) is 9.41. The number of piperidine rings is 1. The zero-order chi connectivity index (χ0) is 21.8. The van der Waals surface area contributed by atoms with Crippen molar-refractivity contribution in [3.63, 3.8) is 0 Å². The lowest BCUT2D eigenvalue weighted by Crippen LogP contribution is -2.50. The highest BCUT2D eigenvalue weighted by Crippen LogP contribution is 2.29. The number of halogens is 1. The van der Waals surface area contributed by atoms with Crippen LogP contribution >= 0.6 is 11.6 Å². The summed E-state index contributed by atoms with van der Waals surface area (Å²) >= 11 is 6.37. The van der Waals surface area contributed by atoms with E-state index in [1.165, 1.54) is 0 Å². The fourth-order valence-corrected chi connectivity index (χ4v) is 4.90. The quantitative estimate of drug-likeness (QED) is 0.718. The molecule has 0 aromatic heterocycles. The minimum atomic E-state index is -0.208. The summed E-state index contributed by atoms with van der Waals surface area (Å²) in [5.41, 5.74) is 2.44. The Morgan fingerprint density at radius 1 is 1.30 bits per heavy atom. The monoisotopic (exact) mass is 435 g/mol. The van der Waals surface area contributed by atoms with Gasteiger partial charge in [-0.2, -0.15) is 0 Å². The maximum Gasteiger partial charge on any atom is 0.251 e. The molecule has 0 spiro atoms. The van der Waals surface area contributed by atoms with E-state index in [4.69, 9.17) is 16.3 Å². The van der Waals surface area contributed by atoms with Crippen LogP contribution in [-0.4, -0.2) is 51.2 Å². The lowest BCUT2D eigenvalue weighted by molar-refractivity contribution is -0.129. The molecule has 0 saturated carbocycles. The summed E-state index contributed by atoms with van der Waals surface area (Å²) < 4.78 is 5.46. The summed E-state index contributed by atoms with van der Waals surface area (Å²) in [5, 5.41) is 6.49. The fraction of sp³-hybridized carbons (Fsp3) is 0.652. The van der Waals surface area contributed by atoms with Gasteiger partial charge in [0, 0.05) is 55.7 Å². The normalized spacial score (nSPS) is 25.0. The van der Waals surface area contributed by atoms with Gasteiger partial charge in [-0.3, -0.25) is 9.59 Å². The van der Waals surface area contributed by atoms with Crippen molar-refractivity contribution in [3.05, 3.63) is 28.3 Å². The molecule has 1 aromatic carbocycles. The predicted octanol–water partition coefficient (Wildman–Crippen LogP) is 3.40. The second kappa shape index (κ2) is 10.0. The molecule has 2 heterocycles. The summed E-state index contributed by atoms with van der Waals surface area (Å²) in [6.07, 6.45) is 3.03. The van der Waals surface area contributed by atoms with Crippen molar-refractivity contribution in [1.82, 2.24) is 10.6 Å². The number of hydrogen-bond donors (Lipinski definition) is 2. The van der Waals surface area contributed by atoms with Gasteiger partial charge in [0.2, 0.25) is 5.91 Å². The average molecular weight is 436 g/mol. The minimum absolute atomic E-state index is 0.0150. The van der Waals surface area contributed by atoms with Crippen molar-refractivity contribution < 1.29 is 14.3 Å². The van der Waals surface area contributed by atoms with Crippen molar-refractivity contribution in [2.75, 3.05) is 38.3 Å². The van der Waals surface area contributed by atoms with Crippen LogP contribution in [0, 0.1) is 24.7 Å². The van der Waals surface area contributed by atoms with E-state index in [9.17, 15) is 9.59 Å². The van der Waals surface area contributed by atoms with Gasteiger partial charge in [0.15, 0.2) is 0 Å². The number of carbonyl (C=O) groups excluding carboxylic acids is 2. The maximum atomic E-state index is 13.0. The molecular formula is C23H34ClN3O3. The molecule has 6 nitrogen and oxygen atoms in total. The predicted molar refractivity (Wildman–Crippen MR) is 120 cm³/mol. The Hall–Kier alpha value is -1.79. The number of nitrogens with one attached hydrogen (secondary N) is 2. The SMILES string of the molecule is Cc1c(C(=O)NCC2C(=O)NC(C)CC2C)cc(Cl)cc1N(C)CC1CCOCC1. The highest BCUT2D eigenvalue weighted by molar-refractivity contribution is 6.31. The summed E-state index contributed by atoms with van der Waals surface area (Å²) in [6, 6.07) is 3.82. The van der Waals surface area contributed by atoms with E-state index in [2.05, 4.69) is 22.5 Å². The summed E-state index contributed by atoms with van der Waals surface area (Å²) in [4.78, 5) is 27.5. The zero-order valence-corrected chi connectivity index (χ0v) is 19.2. The molecule has 2 amide bonds. The number of rotatable bonds is 6. The Kier molecular flexibility index (Phi) is 7.64. The first kappa shape index (κ1) is 22.9. The van der Waals surface area contributed by atoms with Crippen LogP contribution in [0.4, 0.5) is 5.69 Å². The standard InChI is InChI=1S/C23H34ClN3O3/c1-14-9-15(2)26-23(29)20(14)12-25-22(28)19-10-18(24)11-21(16(19)3)27(4)13-17-5-7-30-8-6-17/h10-11,14-15,17,20H,5-9,12-13H2,1-4H3,(H,25,28)(H,26,29). The number of carbonyl (C=O) groups is 2. The number of anilines is 1. The van der Waals surface area contributed by atoms with Crippen LogP contribution in [0.15, 0.2) is 12.1 Å². The molecule has 166 valence electrons. The molecule has 3 atom stereocenters. The molecule has 2 N–H and O–H groups in total. The molecule has 3 unspecified atom stereocenters. The van der Waals surface area contributed by atoms with Gasteiger partial charge in [0.05, 0.1) is 5.92 Å². The molecule has 30 heavy (non-hydrogen) atoms. The number of hydrogen-bond acceptors (Lipinski definition) is 4. The van der Waals surface area contributed by atoms with E-state index in [-0.39, 0.29) is 29.7 Å². The molecule has 0 radical (unpaired) electrons. The maximum absolute atomic E-state index is 13.0. The highest BCUT2D eigenvalue weighted by Gasteiger charge is 2.32. The van der Waals surface area contributed by atoms with Gasteiger partial charge < -0.3 is 20.3 Å². The van der Waals surface area contributed by atoms with Crippen molar-refractivity contribution in [3.8, 4) is 0 Å². The van der Waals surface area contributed by atoms with Gasteiger partial charge in [-0.1, -0.05) is 18.5 Å². The van der Waals surface area contributed by atoms with Crippen LogP contribution in [0.25, 0.3) is 0 Å². The highest BCUT2D eigenvalue weighted by atomic mass is 35.5. The number of ether oxygens (including phenoxy) is 1. The Bertz CT molecular complexity index is 779. The average Bonchev–Trinajstić information content (AvgIpc) is 2.69. The van der Waals surface area contributed by atoms with Gasteiger partial charge >= 0.3 is 0 Å². The van der Waals surface area contributed by atoms with Crippen LogP contribution in [-0.2, 0) is 9.53 Å². The first-order valence-electron chi connectivity index (χ1n) is 10.9. The number of amides is 2. The molecular weight excluding hydrogens is 402 g/mol. The van der Waals surface area contributed by atoms with E-state index < -0.39 is 0 Å². The minimum Gasteiger partial charge on any atom is -0.381 e. The fourth-order valence-electron chi connectivity index (χ4n) is 4.69. The van der Waals surface area contributed by atoms with Gasteiger partial charge in [-0.05, 0) is 62.6 Å². The zero-order valence-electron chi connectivity index (χ0n) is 18.5. The van der Waals surface area contributed by atoms with Gasteiger partial charge in [0.1, 0.15) is 0 Å². The van der Waals surface area contributed by atoms with E-state index in [0.717, 1.165) is 50.3 Å². The van der Waals surface area contributed by atoms with E-state index in [0.29, 0.717) is 23.0 Å². The smallest absolute Gasteiger partial charge is 0.251 e. The van der Waals surface area contributed by atoms with Crippen LogP contribution in [0.5, 0.6) is 0 Å². The molecule has 0 aliphatic carbocycles. The number of benzene rings is 1. The first-order chi connectivity index (χ1) is 14.3. The summed E-state index contributed by atoms with van der Waals surface area (Å²) in [6.45, 7) is 8.90. The third kappa shape index (κ3) is 5.46. The molecule has 2 fully saturated rings. The third-order valence-corrected chi connectivity index (χ3v) is 6.71. The molecule has 2 aliphatic rings. The third-order valence-electron chi connectivity index (χ3n) is 6.49. The molecule has 7 heteroatoms. The van der Waals surface area contributed by atoms with Gasteiger partial charge in [-0.25, -0.2) is 0 Å². The molecule has 2 aliphatic heterocycles. The van der Waals surface area contributed by atoms with Crippen LogP contribution in [0.1, 0.15) is 49.0 Å². The Morgan fingerprint density at radius 3 is 2.67 bits per heavy atom. The summed E-state index contributed by atoms with van der Waals surface area (Å²) in [7, 11) is 2.05. The molecule has 3 rings (SSSR count). The van der Waals surface area contributed by atoms with Crippen LogP contribution in [0.3, 0.4) is 0 Å². The largest absolute Gasteiger partial charge is 0.381 e. The van der Waals surface area contributed by atoms with Crippen LogP contribution in [0.2, 0.25) is 5.02 Å². The Morgan fingerprint density at radius 2 is 2.00 bits per heavy atom. The summed E-state index contributed by atoms with van der Waals surface area (Å²) in [5.74, 6) is 0.430. The van der Waals surface area contributed by atoms with Crippen molar-refractivity contribution in [1.29, 1.82) is 0 Å². The lowest BCUT2D eigenvalue weighted by atomic mass is 9.84. The van der Waals surface area contributed by atoms with Crippen molar-refractivity contribution in [2.45, 2.75) is 46.1 Å². The second-order valence-electron chi connectivity index (χ2n) is 8.97. The number of nitrogens with zero attached hydrogens (tertiary/aromatic N) is 1. The Balaban J connectivity index is 1.69. The van der Waals surface area contributed by atoms with E-state index >= 15 is 0 Å². The van der Waals surface area contributed by atoms with Crippen molar-refractivity contribution >= 4 is 29.1 Å². The lowest BCUT2D eigenvalue weighted by Gasteiger charge is -2.32. The van der Waals surface area contributed by atoms with Gasteiger partial charge in [0.25, 0.3) is 5.91 Å². The van der Waals surface area contributed by atoms with E-state index in [1.807, 2.05) is 27.0 Å². The molecule has 2 saturated heterocycles. The Labute approximate surface area is 184 Å². The van der Waals surface area contributed by atoms with Gasteiger partial charge in [-0.15, -0.1) is 0 Å². The van der Waals surface area contributed by atoms with Crippen LogP contribution < -0.4 is 15.5 Å². The molecule has 1 aromatic rings. The first-order valence-corrected chi connectivity index (χ1v) is 11.3. The topological polar surface area (TPSA) is 70.7 Å².